The van der Waals surface area contributed by atoms with E-state index in [1.807, 2.05) is 32.9 Å². The van der Waals surface area contributed by atoms with E-state index in [1.165, 1.54) is 29.2 Å². The van der Waals surface area contributed by atoms with Crippen molar-refractivity contribution in [1.82, 2.24) is 0 Å². The number of amides is 1. The molecule has 1 heterocycles. The zero-order chi connectivity index (χ0) is 31.1. The molecule has 1 aliphatic rings. The van der Waals surface area contributed by atoms with Crippen molar-refractivity contribution in [2.24, 2.45) is 5.10 Å². The number of nitrogens with one attached hydrogen (secondary N) is 1. The van der Waals surface area contributed by atoms with Crippen molar-refractivity contribution in [3.05, 3.63) is 102 Å². The van der Waals surface area contributed by atoms with Gasteiger partial charge in [-0.05, 0) is 65.1 Å². The van der Waals surface area contributed by atoms with Gasteiger partial charge in [-0.25, -0.2) is 4.79 Å². The van der Waals surface area contributed by atoms with Gasteiger partial charge in [0, 0.05) is 16.8 Å². The number of benzene rings is 4. The largest absolute Gasteiger partial charge is 0.511 e. The SMILES string of the molecule is CC(C)(C)c1ccc(N2C(=O)C(=NNc3cccc(-c4cccc(OC(=O)O)c4)c3O)c3ccc(C(F)(F)F)cc32)cc1. The van der Waals surface area contributed by atoms with E-state index >= 15 is 0 Å². The van der Waals surface area contributed by atoms with Crippen molar-refractivity contribution in [1.29, 1.82) is 0 Å². The summed E-state index contributed by atoms with van der Waals surface area (Å²) in [5.74, 6) is -0.864. The number of para-hydroxylation sites is 1. The third-order valence-electron chi connectivity index (χ3n) is 6.89. The Hall–Kier alpha value is -5.32. The number of ether oxygens (including phenoxy) is 1. The van der Waals surface area contributed by atoms with Gasteiger partial charge in [0.1, 0.15) is 11.5 Å². The molecule has 0 saturated carbocycles. The minimum Gasteiger partial charge on any atom is -0.505 e. The molecular weight excluding hydrogens is 563 g/mol. The summed E-state index contributed by atoms with van der Waals surface area (Å²) in [4.78, 5) is 25.8. The van der Waals surface area contributed by atoms with E-state index in [-0.39, 0.29) is 39.6 Å². The molecule has 0 atom stereocenters. The zero-order valence-electron chi connectivity index (χ0n) is 23.2. The number of fused-ring (bicyclic) bond motifs is 1. The Balaban J connectivity index is 1.53. The van der Waals surface area contributed by atoms with Crippen LogP contribution in [0.5, 0.6) is 11.5 Å². The molecule has 1 aliphatic heterocycles. The highest BCUT2D eigenvalue weighted by atomic mass is 19.4. The van der Waals surface area contributed by atoms with E-state index in [1.54, 1.807) is 36.4 Å². The number of aromatic hydroxyl groups is 1. The van der Waals surface area contributed by atoms with Gasteiger partial charge in [0.2, 0.25) is 0 Å². The Morgan fingerprint density at radius 2 is 1.56 bits per heavy atom. The summed E-state index contributed by atoms with van der Waals surface area (Å²) in [5.41, 5.74) is 3.86. The fraction of sp³-hybridized carbons (Fsp3) is 0.156. The molecule has 0 fully saturated rings. The number of hydrogen-bond donors (Lipinski definition) is 3. The lowest BCUT2D eigenvalue weighted by molar-refractivity contribution is -0.137. The molecule has 0 unspecified atom stereocenters. The molecule has 8 nitrogen and oxygen atoms in total. The van der Waals surface area contributed by atoms with Crippen LogP contribution in [0.2, 0.25) is 0 Å². The average Bonchev–Trinajstić information content (AvgIpc) is 3.21. The van der Waals surface area contributed by atoms with Gasteiger partial charge in [-0.1, -0.05) is 57.2 Å². The van der Waals surface area contributed by atoms with E-state index in [0.717, 1.165) is 17.7 Å². The first kappa shape index (κ1) is 29.2. The van der Waals surface area contributed by atoms with Crippen molar-refractivity contribution in [2.45, 2.75) is 32.4 Å². The molecule has 3 N–H and O–H groups in total. The molecule has 43 heavy (non-hydrogen) atoms. The van der Waals surface area contributed by atoms with Gasteiger partial charge < -0.3 is 14.9 Å². The van der Waals surface area contributed by atoms with Gasteiger partial charge >= 0.3 is 12.3 Å². The standard InChI is InChI=1S/C32H26F3N3O5/c1-31(2,3)19-10-13-21(14-11-19)38-26-17-20(32(33,34)35)12-15-24(26)27(29(38)40)37-36-25-9-5-8-23(28(25)39)18-6-4-7-22(16-18)43-30(41)42/h4-17,36,39H,1-3H3,(H,41,42). The number of hydrazone groups is 1. The van der Waals surface area contributed by atoms with Crippen LogP contribution in [-0.4, -0.2) is 28.0 Å². The molecule has 0 bridgehead atoms. The number of phenols is 1. The predicted molar refractivity (Wildman–Crippen MR) is 156 cm³/mol. The third kappa shape index (κ3) is 5.87. The molecule has 0 radical (unpaired) electrons. The molecule has 0 saturated heterocycles. The lowest BCUT2D eigenvalue weighted by atomic mass is 9.87. The minimum absolute atomic E-state index is 0.0251. The molecule has 0 aromatic heterocycles. The molecule has 0 spiro atoms. The Morgan fingerprint density at radius 1 is 0.884 bits per heavy atom. The van der Waals surface area contributed by atoms with Crippen LogP contribution in [0.15, 0.2) is 90.0 Å². The van der Waals surface area contributed by atoms with Crippen LogP contribution in [0.1, 0.15) is 37.5 Å². The monoisotopic (exact) mass is 589 g/mol. The normalized spacial score (nSPS) is 14.1. The quantitative estimate of drug-likeness (QED) is 0.0944. The first-order chi connectivity index (χ1) is 20.2. The predicted octanol–water partition coefficient (Wildman–Crippen LogP) is 7.93. The third-order valence-corrected chi connectivity index (χ3v) is 6.89. The summed E-state index contributed by atoms with van der Waals surface area (Å²) in [5, 5.41) is 24.1. The van der Waals surface area contributed by atoms with Crippen LogP contribution in [0, 0.1) is 0 Å². The number of phenolic OH excluding ortho intramolecular Hbond substituents is 1. The molecular formula is C32H26F3N3O5. The number of alkyl halides is 3. The number of carbonyl (C=O) groups excluding carboxylic acids is 1. The maximum absolute atomic E-state index is 13.7. The van der Waals surface area contributed by atoms with Gasteiger partial charge in [-0.3, -0.25) is 15.1 Å². The number of hydrogen-bond acceptors (Lipinski definition) is 6. The Bertz CT molecular complexity index is 1760. The molecule has 5 rings (SSSR count). The summed E-state index contributed by atoms with van der Waals surface area (Å²) < 4.78 is 45.6. The second-order valence-corrected chi connectivity index (χ2v) is 10.8. The highest BCUT2D eigenvalue weighted by Crippen LogP contribution is 2.41. The Morgan fingerprint density at radius 3 is 2.21 bits per heavy atom. The highest BCUT2D eigenvalue weighted by Gasteiger charge is 2.39. The van der Waals surface area contributed by atoms with Crippen LogP contribution in [0.4, 0.5) is 35.0 Å². The molecule has 4 aromatic rings. The maximum Gasteiger partial charge on any atom is 0.511 e. The smallest absolute Gasteiger partial charge is 0.505 e. The Labute approximate surface area is 244 Å². The Kier molecular flexibility index (Phi) is 7.35. The van der Waals surface area contributed by atoms with Crippen LogP contribution in [-0.2, 0) is 16.4 Å². The van der Waals surface area contributed by atoms with Gasteiger partial charge in [0.25, 0.3) is 5.91 Å². The van der Waals surface area contributed by atoms with Crippen molar-refractivity contribution < 1.29 is 37.7 Å². The van der Waals surface area contributed by atoms with E-state index in [2.05, 4.69) is 10.5 Å². The van der Waals surface area contributed by atoms with Crippen molar-refractivity contribution in [2.75, 3.05) is 10.3 Å². The van der Waals surface area contributed by atoms with Crippen LogP contribution in [0.25, 0.3) is 11.1 Å². The fourth-order valence-electron chi connectivity index (χ4n) is 4.71. The van der Waals surface area contributed by atoms with Crippen LogP contribution in [0.3, 0.4) is 0 Å². The minimum atomic E-state index is -4.63. The molecule has 11 heteroatoms. The van der Waals surface area contributed by atoms with Gasteiger partial charge in [-0.15, -0.1) is 0 Å². The van der Waals surface area contributed by atoms with E-state index in [9.17, 15) is 27.9 Å². The van der Waals surface area contributed by atoms with Crippen molar-refractivity contribution in [3.63, 3.8) is 0 Å². The van der Waals surface area contributed by atoms with Crippen molar-refractivity contribution >= 4 is 34.8 Å². The van der Waals surface area contributed by atoms with Crippen LogP contribution < -0.4 is 15.1 Å². The number of halogens is 3. The van der Waals surface area contributed by atoms with Gasteiger partial charge in [-0.2, -0.15) is 18.3 Å². The fourth-order valence-corrected chi connectivity index (χ4v) is 4.71. The number of anilines is 3. The molecule has 0 aliphatic carbocycles. The second kappa shape index (κ2) is 10.8. The van der Waals surface area contributed by atoms with E-state index in [0.29, 0.717) is 16.8 Å². The van der Waals surface area contributed by atoms with E-state index < -0.39 is 23.8 Å². The lowest BCUT2D eigenvalue weighted by Crippen LogP contribution is -2.26. The first-order valence-electron chi connectivity index (χ1n) is 13.1. The number of carbonyl (C=O) groups is 2. The number of rotatable bonds is 5. The van der Waals surface area contributed by atoms with Crippen LogP contribution >= 0.6 is 0 Å². The van der Waals surface area contributed by atoms with Gasteiger partial charge in [0.05, 0.1) is 16.9 Å². The van der Waals surface area contributed by atoms with Gasteiger partial charge in [0.15, 0.2) is 5.71 Å². The zero-order valence-corrected chi connectivity index (χ0v) is 23.2. The molecule has 220 valence electrons. The summed E-state index contributed by atoms with van der Waals surface area (Å²) in [6, 6.07) is 20.7. The molecule has 1 amide bonds. The summed E-state index contributed by atoms with van der Waals surface area (Å²) >= 11 is 0. The number of nitrogens with zero attached hydrogens (tertiary/aromatic N) is 2. The average molecular weight is 590 g/mol. The number of carboxylic acid groups (broad SMARTS) is 1. The molecule has 4 aromatic carbocycles. The maximum atomic E-state index is 13.7. The summed E-state index contributed by atoms with van der Waals surface area (Å²) in [6.07, 6.45) is -6.12. The first-order valence-corrected chi connectivity index (χ1v) is 13.1. The summed E-state index contributed by atoms with van der Waals surface area (Å²) in [7, 11) is 0. The summed E-state index contributed by atoms with van der Waals surface area (Å²) in [6.45, 7) is 6.07. The second-order valence-electron chi connectivity index (χ2n) is 10.8. The highest BCUT2D eigenvalue weighted by molar-refractivity contribution is 6.55. The topological polar surface area (TPSA) is 111 Å². The van der Waals surface area contributed by atoms with E-state index in [4.69, 9.17) is 9.84 Å². The van der Waals surface area contributed by atoms with Crippen molar-refractivity contribution in [3.8, 4) is 22.6 Å². The lowest BCUT2D eigenvalue weighted by Gasteiger charge is -2.22.